The fourth-order valence-corrected chi connectivity index (χ4v) is 2.95. The van der Waals surface area contributed by atoms with Gasteiger partial charge in [0.15, 0.2) is 0 Å². The van der Waals surface area contributed by atoms with Crippen LogP contribution in [0.25, 0.3) is 0 Å². The van der Waals surface area contributed by atoms with E-state index in [-0.39, 0.29) is 18.3 Å². The Morgan fingerprint density at radius 2 is 1.81 bits per heavy atom. The predicted octanol–water partition coefficient (Wildman–Crippen LogP) is -0.458. The Labute approximate surface area is 181 Å². The van der Waals surface area contributed by atoms with Gasteiger partial charge in [-0.05, 0) is 18.3 Å². The van der Waals surface area contributed by atoms with Crippen LogP contribution in [0.4, 0.5) is 0 Å². The fraction of sp³-hybridized carbons (Fsp3) is 0.650. The summed E-state index contributed by atoms with van der Waals surface area (Å²) in [7, 11) is 0. The Morgan fingerprint density at radius 3 is 2.32 bits per heavy atom. The van der Waals surface area contributed by atoms with Crippen LogP contribution in [0.15, 0.2) is 12.5 Å². The van der Waals surface area contributed by atoms with Crippen molar-refractivity contribution in [2.45, 2.75) is 65.1 Å². The van der Waals surface area contributed by atoms with Crippen molar-refractivity contribution in [3.05, 3.63) is 18.2 Å². The van der Waals surface area contributed by atoms with E-state index in [9.17, 15) is 19.2 Å². The largest absolute Gasteiger partial charge is 0.480 e. The summed E-state index contributed by atoms with van der Waals surface area (Å²) in [6.45, 7) is 7.01. The summed E-state index contributed by atoms with van der Waals surface area (Å²) in [6.07, 6.45) is 4.09. The molecule has 1 heterocycles. The molecule has 1 rings (SSSR count). The maximum Gasteiger partial charge on any atom is 0.322 e. The fourth-order valence-electron chi connectivity index (χ4n) is 2.95. The molecule has 11 heteroatoms. The maximum atomic E-state index is 13.0. The zero-order valence-corrected chi connectivity index (χ0v) is 18.5. The Bertz CT molecular complexity index is 736. The maximum absolute atomic E-state index is 13.0. The summed E-state index contributed by atoms with van der Waals surface area (Å²) < 4.78 is 0. The molecule has 4 unspecified atom stereocenters. The van der Waals surface area contributed by atoms with Crippen LogP contribution in [0.5, 0.6) is 0 Å². The SMILES string of the molecule is CCC(C)C(NC(=O)C(N)CC(C)C)C(=O)NC(Cc1cnc[nH]1)C(=O)NCC(=O)O. The normalized spacial score (nSPS) is 14.9. The molecule has 0 aliphatic rings. The molecule has 11 nitrogen and oxygen atoms in total. The number of aromatic nitrogens is 2. The number of aliphatic carboxylic acids is 1. The van der Waals surface area contributed by atoms with E-state index < -0.39 is 48.4 Å². The summed E-state index contributed by atoms with van der Waals surface area (Å²) >= 11 is 0. The van der Waals surface area contributed by atoms with Crippen molar-refractivity contribution in [3.63, 3.8) is 0 Å². The van der Waals surface area contributed by atoms with Gasteiger partial charge >= 0.3 is 5.97 Å². The molecule has 31 heavy (non-hydrogen) atoms. The number of nitrogens with two attached hydrogens (primary N) is 1. The third-order valence-electron chi connectivity index (χ3n) is 4.88. The number of carboxylic acids is 1. The molecule has 1 aromatic heterocycles. The molecule has 7 N–H and O–H groups in total. The Balaban J connectivity index is 2.95. The van der Waals surface area contributed by atoms with Crippen LogP contribution >= 0.6 is 0 Å². The second-order valence-electron chi connectivity index (χ2n) is 8.06. The van der Waals surface area contributed by atoms with Gasteiger partial charge in [0.1, 0.15) is 18.6 Å². The highest BCUT2D eigenvalue weighted by Gasteiger charge is 2.31. The monoisotopic (exact) mass is 438 g/mol. The molecule has 0 aromatic carbocycles. The standard InChI is InChI=1S/C20H34N6O5/c1-5-12(4)17(26-18(29)14(21)6-11(2)3)20(31)25-15(7-13-8-22-10-24-13)19(30)23-9-16(27)28/h8,10-12,14-15,17H,5-7,9,21H2,1-4H3,(H,22,24)(H,23,30)(H,25,31)(H,26,29)(H,27,28). The van der Waals surface area contributed by atoms with Gasteiger partial charge in [-0.1, -0.05) is 34.1 Å². The molecule has 174 valence electrons. The highest BCUT2D eigenvalue weighted by Crippen LogP contribution is 2.11. The number of carbonyl (C=O) groups is 4. The van der Waals surface area contributed by atoms with Crippen molar-refractivity contribution in [2.24, 2.45) is 17.6 Å². The van der Waals surface area contributed by atoms with Crippen LogP contribution in [0.2, 0.25) is 0 Å². The lowest BCUT2D eigenvalue weighted by molar-refractivity contribution is -0.138. The van der Waals surface area contributed by atoms with Gasteiger partial charge in [0, 0.05) is 18.3 Å². The first-order valence-electron chi connectivity index (χ1n) is 10.4. The number of nitrogens with zero attached hydrogens (tertiary/aromatic N) is 1. The van der Waals surface area contributed by atoms with Crippen molar-refractivity contribution in [1.29, 1.82) is 0 Å². The van der Waals surface area contributed by atoms with Crippen LogP contribution < -0.4 is 21.7 Å². The number of hydrogen-bond donors (Lipinski definition) is 6. The number of nitrogens with one attached hydrogen (secondary N) is 4. The van der Waals surface area contributed by atoms with Crippen molar-refractivity contribution in [1.82, 2.24) is 25.9 Å². The van der Waals surface area contributed by atoms with Crippen molar-refractivity contribution < 1.29 is 24.3 Å². The molecule has 0 aliphatic heterocycles. The van der Waals surface area contributed by atoms with E-state index in [0.29, 0.717) is 18.5 Å². The zero-order valence-electron chi connectivity index (χ0n) is 18.5. The van der Waals surface area contributed by atoms with Gasteiger partial charge in [-0.2, -0.15) is 0 Å². The molecule has 0 aliphatic carbocycles. The highest BCUT2D eigenvalue weighted by molar-refractivity contribution is 5.93. The Hall–Kier alpha value is -2.95. The van der Waals surface area contributed by atoms with Gasteiger partial charge in [0.05, 0.1) is 12.4 Å². The number of H-pyrrole nitrogens is 1. The van der Waals surface area contributed by atoms with Crippen LogP contribution in [0.1, 0.15) is 46.2 Å². The van der Waals surface area contributed by atoms with Gasteiger partial charge in [-0.15, -0.1) is 0 Å². The minimum atomic E-state index is -1.20. The second kappa shape index (κ2) is 12.7. The van der Waals surface area contributed by atoms with Crippen LogP contribution in [-0.4, -0.2) is 63.4 Å². The third kappa shape index (κ3) is 9.16. The van der Waals surface area contributed by atoms with E-state index in [1.807, 2.05) is 27.7 Å². The summed E-state index contributed by atoms with van der Waals surface area (Å²) in [4.78, 5) is 55.5. The molecule has 0 fully saturated rings. The number of aromatic amines is 1. The van der Waals surface area contributed by atoms with E-state index >= 15 is 0 Å². The number of hydrogen-bond acceptors (Lipinski definition) is 6. The summed E-state index contributed by atoms with van der Waals surface area (Å²) in [6, 6.07) is -2.70. The molecule has 1 aromatic rings. The van der Waals surface area contributed by atoms with E-state index in [1.165, 1.54) is 12.5 Å². The molecule has 0 saturated heterocycles. The Morgan fingerprint density at radius 1 is 1.13 bits per heavy atom. The molecule has 0 saturated carbocycles. The number of carboxylic acid groups (broad SMARTS) is 1. The summed E-state index contributed by atoms with van der Waals surface area (Å²) in [5.74, 6) is -2.84. The second-order valence-corrected chi connectivity index (χ2v) is 8.06. The predicted molar refractivity (Wildman–Crippen MR) is 114 cm³/mol. The summed E-state index contributed by atoms with van der Waals surface area (Å²) in [5, 5.41) is 16.4. The molecule has 0 spiro atoms. The first-order chi connectivity index (χ1) is 14.5. The Kier molecular flexibility index (Phi) is 10.7. The number of imidazole rings is 1. The minimum absolute atomic E-state index is 0.0746. The molecular formula is C20H34N6O5. The quantitative estimate of drug-likeness (QED) is 0.241. The first-order valence-corrected chi connectivity index (χ1v) is 10.4. The molecule has 0 bridgehead atoms. The first kappa shape index (κ1) is 26.1. The molecular weight excluding hydrogens is 404 g/mol. The molecule has 0 radical (unpaired) electrons. The van der Waals surface area contributed by atoms with Gasteiger partial charge < -0.3 is 31.8 Å². The third-order valence-corrected chi connectivity index (χ3v) is 4.88. The average Bonchev–Trinajstić information content (AvgIpc) is 3.21. The number of rotatable bonds is 13. The van der Waals surface area contributed by atoms with Gasteiger partial charge in [-0.25, -0.2) is 4.98 Å². The van der Waals surface area contributed by atoms with Gasteiger partial charge in [0.25, 0.3) is 0 Å². The van der Waals surface area contributed by atoms with E-state index in [1.54, 1.807) is 0 Å². The van der Waals surface area contributed by atoms with E-state index in [2.05, 4.69) is 25.9 Å². The lowest BCUT2D eigenvalue weighted by Crippen LogP contribution is -2.58. The number of carbonyl (C=O) groups excluding carboxylic acids is 3. The van der Waals surface area contributed by atoms with Crippen molar-refractivity contribution >= 4 is 23.7 Å². The summed E-state index contributed by atoms with van der Waals surface area (Å²) in [5.41, 5.74) is 6.52. The minimum Gasteiger partial charge on any atom is -0.480 e. The van der Waals surface area contributed by atoms with E-state index in [0.717, 1.165) is 0 Å². The van der Waals surface area contributed by atoms with Crippen LogP contribution in [0, 0.1) is 11.8 Å². The lowest BCUT2D eigenvalue weighted by Gasteiger charge is -2.27. The smallest absolute Gasteiger partial charge is 0.322 e. The molecule has 3 amide bonds. The highest BCUT2D eigenvalue weighted by atomic mass is 16.4. The average molecular weight is 439 g/mol. The van der Waals surface area contributed by atoms with Crippen molar-refractivity contribution in [3.8, 4) is 0 Å². The topological polar surface area (TPSA) is 179 Å². The van der Waals surface area contributed by atoms with Gasteiger partial charge in [-0.3, -0.25) is 19.2 Å². The number of amides is 3. The van der Waals surface area contributed by atoms with Crippen LogP contribution in [-0.2, 0) is 25.6 Å². The van der Waals surface area contributed by atoms with Crippen LogP contribution in [0.3, 0.4) is 0 Å². The van der Waals surface area contributed by atoms with Crippen molar-refractivity contribution in [2.75, 3.05) is 6.54 Å². The lowest BCUT2D eigenvalue weighted by atomic mass is 9.96. The van der Waals surface area contributed by atoms with Gasteiger partial charge in [0.2, 0.25) is 17.7 Å². The van der Waals surface area contributed by atoms with E-state index in [4.69, 9.17) is 10.8 Å². The zero-order chi connectivity index (χ0) is 23.6. The molecule has 4 atom stereocenters.